The summed E-state index contributed by atoms with van der Waals surface area (Å²) in [7, 11) is 3.28. The number of hydrogen-bond donors (Lipinski definition) is 2. The molecule has 0 heterocycles. The smallest absolute Gasteiger partial charge is 0.234 e. The predicted molar refractivity (Wildman–Crippen MR) is 83.5 cm³/mol. The minimum atomic E-state index is -0.0133. The van der Waals surface area contributed by atoms with Gasteiger partial charge in [0.05, 0.1) is 26.3 Å². The lowest BCUT2D eigenvalue weighted by Crippen LogP contribution is -2.38. The summed E-state index contributed by atoms with van der Waals surface area (Å²) in [4.78, 5) is 12.0. The molecule has 1 atom stereocenters. The molecule has 0 bridgehead atoms. The summed E-state index contributed by atoms with van der Waals surface area (Å²) < 4.78 is 10.1. The van der Waals surface area contributed by atoms with Crippen molar-refractivity contribution in [3.63, 3.8) is 0 Å². The maximum atomic E-state index is 12.0. The number of hydrogen-bond acceptors (Lipinski definition) is 4. The van der Waals surface area contributed by atoms with E-state index in [9.17, 15) is 4.79 Å². The maximum Gasteiger partial charge on any atom is 0.234 e. The number of methoxy groups -OCH3 is 2. The van der Waals surface area contributed by atoms with Crippen molar-refractivity contribution >= 4 is 5.91 Å². The molecule has 0 fully saturated rings. The zero-order valence-corrected chi connectivity index (χ0v) is 13.3. The van der Waals surface area contributed by atoms with Crippen LogP contribution >= 0.6 is 0 Å². The summed E-state index contributed by atoms with van der Waals surface area (Å²) in [5, 5.41) is 6.11. The van der Waals surface area contributed by atoms with Crippen LogP contribution in [-0.2, 0) is 9.53 Å². The van der Waals surface area contributed by atoms with Crippen molar-refractivity contribution in [2.24, 2.45) is 5.92 Å². The van der Waals surface area contributed by atoms with Crippen LogP contribution < -0.4 is 15.4 Å². The largest absolute Gasteiger partial charge is 0.497 e. The molecule has 0 aliphatic rings. The number of rotatable bonds is 9. The van der Waals surface area contributed by atoms with Crippen LogP contribution in [0.3, 0.4) is 0 Å². The first-order chi connectivity index (χ1) is 10.1. The fourth-order valence-corrected chi connectivity index (χ4v) is 2.05. The molecule has 0 aliphatic heterocycles. The second-order valence-corrected chi connectivity index (χ2v) is 5.23. The topological polar surface area (TPSA) is 59.6 Å². The summed E-state index contributed by atoms with van der Waals surface area (Å²) in [6.07, 6.45) is 0. The van der Waals surface area contributed by atoms with Crippen molar-refractivity contribution in [1.82, 2.24) is 10.6 Å². The van der Waals surface area contributed by atoms with Crippen LogP contribution in [0.5, 0.6) is 5.75 Å². The zero-order chi connectivity index (χ0) is 15.7. The molecule has 5 heteroatoms. The van der Waals surface area contributed by atoms with Crippen LogP contribution in [0.15, 0.2) is 24.3 Å². The van der Waals surface area contributed by atoms with Gasteiger partial charge in [-0.2, -0.15) is 0 Å². The molecule has 5 nitrogen and oxygen atoms in total. The van der Waals surface area contributed by atoms with Gasteiger partial charge in [-0.05, 0) is 23.6 Å². The normalized spacial score (nSPS) is 12.2. The van der Waals surface area contributed by atoms with Crippen LogP contribution in [0.4, 0.5) is 0 Å². The molecule has 1 aromatic rings. The van der Waals surface area contributed by atoms with Crippen molar-refractivity contribution in [2.75, 3.05) is 33.9 Å². The van der Waals surface area contributed by atoms with Gasteiger partial charge in [0.1, 0.15) is 5.75 Å². The van der Waals surface area contributed by atoms with Crippen molar-refractivity contribution in [3.05, 3.63) is 29.8 Å². The van der Waals surface area contributed by atoms with Gasteiger partial charge in [-0.3, -0.25) is 4.79 Å². The lowest BCUT2D eigenvalue weighted by Gasteiger charge is -2.23. The number of nitrogens with one attached hydrogen (secondary N) is 2. The van der Waals surface area contributed by atoms with Crippen molar-refractivity contribution in [3.8, 4) is 5.75 Å². The number of benzene rings is 1. The van der Waals surface area contributed by atoms with E-state index in [2.05, 4.69) is 24.5 Å². The maximum absolute atomic E-state index is 12.0. The van der Waals surface area contributed by atoms with E-state index in [0.29, 0.717) is 25.6 Å². The SMILES string of the molecule is COCCNCC(=O)NC(c1ccc(OC)cc1)C(C)C. The molecule has 21 heavy (non-hydrogen) atoms. The van der Waals surface area contributed by atoms with Gasteiger partial charge in [0, 0.05) is 13.7 Å². The fourth-order valence-electron chi connectivity index (χ4n) is 2.05. The minimum absolute atomic E-state index is 0.00682. The van der Waals surface area contributed by atoms with E-state index in [1.165, 1.54) is 0 Å². The Labute approximate surface area is 127 Å². The number of carbonyl (C=O) groups excluding carboxylic acids is 1. The minimum Gasteiger partial charge on any atom is -0.497 e. The van der Waals surface area contributed by atoms with Gasteiger partial charge in [-0.15, -0.1) is 0 Å². The van der Waals surface area contributed by atoms with E-state index in [4.69, 9.17) is 9.47 Å². The third-order valence-corrected chi connectivity index (χ3v) is 3.23. The standard InChI is InChI=1S/C16H26N2O3/c1-12(2)16(13-5-7-14(21-4)8-6-13)18-15(19)11-17-9-10-20-3/h5-8,12,16-17H,9-11H2,1-4H3,(H,18,19). The van der Waals surface area contributed by atoms with E-state index < -0.39 is 0 Å². The molecule has 1 rings (SSSR count). The predicted octanol–water partition coefficient (Wildman–Crippen LogP) is 1.74. The Morgan fingerprint density at radius 2 is 1.86 bits per heavy atom. The highest BCUT2D eigenvalue weighted by Gasteiger charge is 2.18. The quantitative estimate of drug-likeness (QED) is 0.681. The molecule has 0 saturated heterocycles. The Morgan fingerprint density at radius 1 is 1.19 bits per heavy atom. The fraction of sp³-hybridized carbons (Fsp3) is 0.562. The Kier molecular flexibility index (Phi) is 7.79. The van der Waals surface area contributed by atoms with E-state index in [-0.39, 0.29) is 11.9 Å². The highest BCUT2D eigenvalue weighted by molar-refractivity contribution is 5.78. The number of amides is 1. The first-order valence-corrected chi connectivity index (χ1v) is 7.21. The molecule has 1 unspecified atom stereocenters. The molecule has 0 aliphatic carbocycles. The van der Waals surface area contributed by atoms with E-state index in [1.54, 1.807) is 14.2 Å². The molecule has 1 amide bonds. The summed E-state index contributed by atoms with van der Waals surface area (Å²) in [5.41, 5.74) is 1.08. The van der Waals surface area contributed by atoms with Crippen molar-refractivity contribution in [2.45, 2.75) is 19.9 Å². The monoisotopic (exact) mass is 294 g/mol. The second-order valence-electron chi connectivity index (χ2n) is 5.23. The van der Waals surface area contributed by atoms with Crippen molar-refractivity contribution in [1.29, 1.82) is 0 Å². The van der Waals surface area contributed by atoms with Gasteiger partial charge in [0.15, 0.2) is 0 Å². The Balaban J connectivity index is 2.58. The van der Waals surface area contributed by atoms with Gasteiger partial charge in [-0.1, -0.05) is 26.0 Å². The highest BCUT2D eigenvalue weighted by atomic mass is 16.5. The molecule has 2 N–H and O–H groups in total. The summed E-state index contributed by atoms with van der Waals surface area (Å²) in [6.45, 7) is 5.74. The molecular weight excluding hydrogens is 268 g/mol. The second kappa shape index (κ2) is 9.37. The average molecular weight is 294 g/mol. The van der Waals surface area contributed by atoms with E-state index >= 15 is 0 Å². The molecule has 0 saturated carbocycles. The van der Waals surface area contributed by atoms with Gasteiger partial charge in [0.25, 0.3) is 0 Å². The lowest BCUT2D eigenvalue weighted by molar-refractivity contribution is -0.121. The Hall–Kier alpha value is -1.59. The van der Waals surface area contributed by atoms with Crippen LogP contribution in [0, 0.1) is 5.92 Å². The molecule has 0 spiro atoms. The average Bonchev–Trinajstić information content (AvgIpc) is 2.49. The molecule has 0 radical (unpaired) electrons. The molecule has 118 valence electrons. The van der Waals surface area contributed by atoms with Crippen molar-refractivity contribution < 1.29 is 14.3 Å². The van der Waals surface area contributed by atoms with E-state index in [0.717, 1.165) is 11.3 Å². The Morgan fingerprint density at radius 3 is 2.38 bits per heavy atom. The molecule has 1 aromatic carbocycles. The van der Waals surface area contributed by atoms with Crippen LogP contribution in [-0.4, -0.2) is 39.8 Å². The van der Waals surface area contributed by atoms with Gasteiger partial charge in [0.2, 0.25) is 5.91 Å². The van der Waals surface area contributed by atoms with Gasteiger partial charge < -0.3 is 20.1 Å². The van der Waals surface area contributed by atoms with Crippen LogP contribution in [0.2, 0.25) is 0 Å². The highest BCUT2D eigenvalue weighted by Crippen LogP contribution is 2.23. The van der Waals surface area contributed by atoms with Gasteiger partial charge >= 0.3 is 0 Å². The first-order valence-electron chi connectivity index (χ1n) is 7.21. The summed E-state index contributed by atoms with van der Waals surface area (Å²) in [5.74, 6) is 1.11. The van der Waals surface area contributed by atoms with E-state index in [1.807, 2.05) is 24.3 Å². The number of carbonyl (C=O) groups is 1. The van der Waals surface area contributed by atoms with Gasteiger partial charge in [-0.25, -0.2) is 0 Å². The first kappa shape index (κ1) is 17.5. The third-order valence-electron chi connectivity index (χ3n) is 3.23. The molecule has 0 aromatic heterocycles. The third kappa shape index (κ3) is 6.14. The number of ether oxygens (including phenoxy) is 2. The molecular formula is C16H26N2O3. The Bertz CT molecular complexity index is 418. The zero-order valence-electron chi connectivity index (χ0n) is 13.3. The summed E-state index contributed by atoms with van der Waals surface area (Å²) in [6, 6.07) is 7.79. The summed E-state index contributed by atoms with van der Waals surface area (Å²) >= 11 is 0. The van der Waals surface area contributed by atoms with Crippen LogP contribution in [0.1, 0.15) is 25.5 Å². The van der Waals surface area contributed by atoms with Crippen LogP contribution in [0.25, 0.3) is 0 Å². The lowest BCUT2D eigenvalue weighted by atomic mass is 9.96.